The van der Waals surface area contributed by atoms with Crippen molar-refractivity contribution in [2.24, 2.45) is 0 Å². The highest BCUT2D eigenvalue weighted by Gasteiger charge is 2.27. The first kappa shape index (κ1) is 21.4. The average molecular weight is 347 g/mol. The molecule has 0 aromatic heterocycles. The molecule has 0 radical (unpaired) electrons. The molecule has 0 aliphatic rings. The number of allylic oxidation sites excluding steroid dienone is 1. The van der Waals surface area contributed by atoms with E-state index in [-0.39, 0.29) is 6.42 Å². The van der Waals surface area contributed by atoms with Crippen molar-refractivity contribution in [2.75, 3.05) is 0 Å². The SMILES string of the molecule is CCCCCC(O)(CCCC)c1cccc(C=CCCCC(=O)O)c1. The second kappa shape index (κ2) is 11.9. The van der Waals surface area contributed by atoms with E-state index in [2.05, 4.69) is 19.9 Å². The summed E-state index contributed by atoms with van der Waals surface area (Å²) in [5.74, 6) is -0.747. The van der Waals surface area contributed by atoms with Crippen LogP contribution in [-0.2, 0) is 10.4 Å². The maximum atomic E-state index is 11.2. The Balaban J connectivity index is 2.78. The van der Waals surface area contributed by atoms with Crippen LogP contribution in [0.2, 0.25) is 0 Å². The Hall–Kier alpha value is -1.61. The van der Waals surface area contributed by atoms with Gasteiger partial charge in [-0.05, 0) is 42.9 Å². The maximum absolute atomic E-state index is 11.2. The lowest BCUT2D eigenvalue weighted by molar-refractivity contribution is -0.137. The molecule has 1 atom stereocenters. The van der Waals surface area contributed by atoms with E-state index >= 15 is 0 Å². The Bertz CT molecular complexity index is 536. The van der Waals surface area contributed by atoms with Crippen LogP contribution in [-0.4, -0.2) is 16.2 Å². The molecular formula is C22H34O3. The van der Waals surface area contributed by atoms with Crippen molar-refractivity contribution in [2.45, 2.75) is 83.7 Å². The molecule has 1 unspecified atom stereocenters. The second-order valence-electron chi connectivity index (χ2n) is 6.91. The van der Waals surface area contributed by atoms with Gasteiger partial charge in [0.1, 0.15) is 0 Å². The van der Waals surface area contributed by atoms with Gasteiger partial charge in [-0.3, -0.25) is 4.79 Å². The molecule has 25 heavy (non-hydrogen) atoms. The molecule has 0 aliphatic carbocycles. The fourth-order valence-electron chi connectivity index (χ4n) is 3.07. The van der Waals surface area contributed by atoms with Gasteiger partial charge in [-0.15, -0.1) is 0 Å². The number of carbonyl (C=O) groups is 1. The van der Waals surface area contributed by atoms with Crippen LogP contribution >= 0.6 is 0 Å². The zero-order valence-corrected chi connectivity index (χ0v) is 15.8. The van der Waals surface area contributed by atoms with Crippen molar-refractivity contribution in [1.82, 2.24) is 0 Å². The average Bonchev–Trinajstić information content (AvgIpc) is 2.60. The van der Waals surface area contributed by atoms with Gasteiger partial charge in [0.25, 0.3) is 0 Å². The summed E-state index contributed by atoms with van der Waals surface area (Å²) in [6.45, 7) is 4.34. The third-order valence-corrected chi connectivity index (χ3v) is 4.63. The molecule has 0 spiro atoms. The van der Waals surface area contributed by atoms with Gasteiger partial charge >= 0.3 is 5.97 Å². The summed E-state index contributed by atoms with van der Waals surface area (Å²) in [6.07, 6.45) is 12.7. The molecule has 140 valence electrons. The smallest absolute Gasteiger partial charge is 0.303 e. The number of rotatable bonds is 13. The van der Waals surface area contributed by atoms with Crippen molar-refractivity contribution in [1.29, 1.82) is 0 Å². The minimum Gasteiger partial charge on any atom is -0.481 e. The van der Waals surface area contributed by atoms with Crippen molar-refractivity contribution in [3.8, 4) is 0 Å². The third kappa shape index (κ3) is 8.35. The first-order valence-electron chi connectivity index (χ1n) is 9.73. The number of aliphatic hydroxyl groups is 1. The van der Waals surface area contributed by atoms with E-state index in [0.29, 0.717) is 6.42 Å². The summed E-state index contributed by atoms with van der Waals surface area (Å²) in [5.41, 5.74) is 1.33. The maximum Gasteiger partial charge on any atom is 0.303 e. The van der Waals surface area contributed by atoms with Crippen LogP contribution in [0.4, 0.5) is 0 Å². The quantitative estimate of drug-likeness (QED) is 0.436. The van der Waals surface area contributed by atoms with Crippen LogP contribution in [0.15, 0.2) is 30.3 Å². The minimum absolute atomic E-state index is 0.207. The summed E-state index contributed by atoms with van der Waals surface area (Å²) >= 11 is 0. The molecule has 3 nitrogen and oxygen atoms in total. The molecule has 1 aromatic rings. The van der Waals surface area contributed by atoms with Crippen LogP contribution in [0.1, 0.15) is 89.2 Å². The molecule has 0 fully saturated rings. The van der Waals surface area contributed by atoms with Crippen LogP contribution in [0.5, 0.6) is 0 Å². The number of hydrogen-bond acceptors (Lipinski definition) is 2. The van der Waals surface area contributed by atoms with Gasteiger partial charge in [-0.1, -0.05) is 76.3 Å². The van der Waals surface area contributed by atoms with Gasteiger partial charge in [-0.25, -0.2) is 0 Å². The number of benzene rings is 1. The zero-order valence-electron chi connectivity index (χ0n) is 15.8. The van der Waals surface area contributed by atoms with Gasteiger partial charge in [-0.2, -0.15) is 0 Å². The molecule has 0 bridgehead atoms. The lowest BCUT2D eigenvalue weighted by atomic mass is 9.83. The molecule has 2 N–H and O–H groups in total. The normalized spacial score (nSPS) is 13.9. The van der Waals surface area contributed by atoms with E-state index in [0.717, 1.165) is 62.5 Å². The summed E-state index contributed by atoms with van der Waals surface area (Å²) in [5, 5.41) is 19.9. The van der Waals surface area contributed by atoms with Gasteiger partial charge in [0.05, 0.1) is 5.60 Å². The Labute approximate surface area is 152 Å². The molecule has 0 saturated heterocycles. The molecule has 0 heterocycles. The van der Waals surface area contributed by atoms with E-state index in [9.17, 15) is 9.90 Å². The van der Waals surface area contributed by atoms with Gasteiger partial charge < -0.3 is 10.2 Å². The Morgan fingerprint density at radius 3 is 2.48 bits per heavy atom. The van der Waals surface area contributed by atoms with E-state index in [1.165, 1.54) is 0 Å². The molecule has 3 heteroatoms. The third-order valence-electron chi connectivity index (χ3n) is 4.63. The van der Waals surface area contributed by atoms with Crippen LogP contribution in [0, 0.1) is 0 Å². The largest absolute Gasteiger partial charge is 0.481 e. The topological polar surface area (TPSA) is 57.5 Å². The zero-order chi connectivity index (χ0) is 18.5. The van der Waals surface area contributed by atoms with Gasteiger partial charge in [0, 0.05) is 6.42 Å². The Morgan fingerprint density at radius 1 is 1.08 bits per heavy atom. The van der Waals surface area contributed by atoms with Crippen LogP contribution in [0.25, 0.3) is 6.08 Å². The summed E-state index contributed by atoms with van der Waals surface area (Å²) in [6, 6.07) is 8.14. The van der Waals surface area contributed by atoms with E-state index in [1.54, 1.807) is 0 Å². The Morgan fingerprint density at radius 2 is 1.80 bits per heavy atom. The first-order chi connectivity index (χ1) is 12.0. The molecular weight excluding hydrogens is 312 g/mol. The standard InChI is InChI=1S/C22H34O3/c1-3-5-10-17-22(25,16-6-4-2)20-14-11-13-19(18-20)12-8-7-9-15-21(23)24/h8,11-14,18,25H,3-7,9-10,15-17H2,1-2H3,(H,23,24). The fraction of sp³-hybridized carbons (Fsp3) is 0.591. The number of aliphatic carboxylic acids is 1. The van der Waals surface area contributed by atoms with Crippen LogP contribution < -0.4 is 0 Å². The first-order valence-corrected chi connectivity index (χ1v) is 9.73. The Kier molecular flexibility index (Phi) is 10.2. The molecule has 0 amide bonds. The minimum atomic E-state index is -0.747. The lowest BCUT2D eigenvalue weighted by Gasteiger charge is -2.29. The predicted octanol–water partition coefficient (Wildman–Crippen LogP) is 5.91. The summed E-state index contributed by atoms with van der Waals surface area (Å²) in [4.78, 5) is 10.5. The van der Waals surface area contributed by atoms with Crippen molar-refractivity contribution < 1.29 is 15.0 Å². The highest BCUT2D eigenvalue weighted by Crippen LogP contribution is 2.33. The highest BCUT2D eigenvalue weighted by atomic mass is 16.4. The molecule has 1 aromatic carbocycles. The molecule has 0 saturated carbocycles. The number of unbranched alkanes of at least 4 members (excludes halogenated alkanes) is 4. The monoisotopic (exact) mass is 346 g/mol. The van der Waals surface area contributed by atoms with Crippen molar-refractivity contribution in [3.05, 3.63) is 41.5 Å². The fourth-order valence-corrected chi connectivity index (χ4v) is 3.07. The molecule has 1 rings (SSSR count). The predicted molar refractivity (Wildman–Crippen MR) is 105 cm³/mol. The lowest BCUT2D eigenvalue weighted by Crippen LogP contribution is -2.25. The van der Waals surface area contributed by atoms with Gasteiger partial charge in [0.15, 0.2) is 0 Å². The molecule has 0 aliphatic heterocycles. The summed E-state index contributed by atoms with van der Waals surface area (Å²) < 4.78 is 0. The number of carboxylic acid groups (broad SMARTS) is 1. The van der Waals surface area contributed by atoms with Crippen molar-refractivity contribution >= 4 is 12.0 Å². The number of carboxylic acids is 1. The highest BCUT2D eigenvalue weighted by molar-refractivity contribution is 5.66. The van der Waals surface area contributed by atoms with E-state index in [1.807, 2.05) is 30.4 Å². The van der Waals surface area contributed by atoms with Crippen molar-refractivity contribution in [3.63, 3.8) is 0 Å². The second-order valence-corrected chi connectivity index (χ2v) is 6.91. The number of hydrogen-bond donors (Lipinski definition) is 2. The van der Waals surface area contributed by atoms with Gasteiger partial charge in [0.2, 0.25) is 0 Å². The van der Waals surface area contributed by atoms with E-state index < -0.39 is 11.6 Å². The van der Waals surface area contributed by atoms with E-state index in [4.69, 9.17) is 5.11 Å². The summed E-state index contributed by atoms with van der Waals surface area (Å²) in [7, 11) is 0. The van der Waals surface area contributed by atoms with Crippen LogP contribution in [0.3, 0.4) is 0 Å².